The van der Waals surface area contributed by atoms with E-state index in [0.717, 1.165) is 5.56 Å². The van der Waals surface area contributed by atoms with Crippen LogP contribution in [0.5, 0.6) is 0 Å². The van der Waals surface area contributed by atoms with Gasteiger partial charge in [-0.15, -0.1) is 0 Å². The molecule has 0 aliphatic carbocycles. The van der Waals surface area contributed by atoms with Gasteiger partial charge in [-0.05, 0) is 31.5 Å². The molecule has 0 saturated heterocycles. The highest BCUT2D eigenvalue weighted by Gasteiger charge is 2.21. The number of oxazole rings is 1. The highest BCUT2D eigenvalue weighted by atomic mass is 16.4. The van der Waals surface area contributed by atoms with Crippen molar-refractivity contribution in [2.45, 2.75) is 27.3 Å². The maximum absolute atomic E-state index is 12.4. The van der Waals surface area contributed by atoms with Gasteiger partial charge in [0.25, 0.3) is 5.91 Å². The molecule has 0 bridgehead atoms. The summed E-state index contributed by atoms with van der Waals surface area (Å²) in [6.45, 7) is 6.61. The molecule has 0 aliphatic heterocycles. The average Bonchev–Trinajstić information content (AvgIpc) is 2.75. The van der Waals surface area contributed by atoms with Crippen LogP contribution in [0.4, 0.5) is 0 Å². The van der Waals surface area contributed by atoms with Crippen LogP contribution < -0.4 is 0 Å². The lowest BCUT2D eigenvalue weighted by Crippen LogP contribution is -2.30. The summed E-state index contributed by atoms with van der Waals surface area (Å²) in [4.78, 5) is 22.2. The minimum atomic E-state index is -0.127. The van der Waals surface area contributed by atoms with Crippen molar-refractivity contribution in [1.29, 1.82) is 0 Å². The monoisotopic (exact) mass is 259 g/mol. The smallest absolute Gasteiger partial charge is 0.291 e. The van der Waals surface area contributed by atoms with Crippen molar-refractivity contribution in [1.82, 2.24) is 14.9 Å². The van der Waals surface area contributed by atoms with Gasteiger partial charge in [0.1, 0.15) is 0 Å². The van der Waals surface area contributed by atoms with Crippen molar-refractivity contribution in [3.8, 4) is 0 Å². The number of hydrogen-bond donors (Lipinski definition) is 0. The second-order valence-corrected chi connectivity index (χ2v) is 4.32. The number of rotatable bonds is 4. The van der Waals surface area contributed by atoms with Crippen LogP contribution in [0.15, 0.2) is 28.9 Å². The Morgan fingerprint density at radius 1 is 1.32 bits per heavy atom. The third-order valence-corrected chi connectivity index (χ3v) is 2.89. The van der Waals surface area contributed by atoms with E-state index in [4.69, 9.17) is 4.42 Å². The summed E-state index contributed by atoms with van der Waals surface area (Å²) in [7, 11) is 0. The summed E-state index contributed by atoms with van der Waals surface area (Å²) < 4.78 is 5.38. The molecule has 1 amide bonds. The molecule has 0 aromatic carbocycles. The lowest BCUT2D eigenvalue weighted by atomic mass is 10.2. The van der Waals surface area contributed by atoms with Crippen LogP contribution in [0.25, 0.3) is 0 Å². The van der Waals surface area contributed by atoms with E-state index in [1.165, 1.54) is 0 Å². The molecule has 0 saturated carbocycles. The van der Waals surface area contributed by atoms with Gasteiger partial charge in [0, 0.05) is 32.4 Å². The molecule has 0 radical (unpaired) electrons. The fourth-order valence-electron chi connectivity index (χ4n) is 1.91. The topological polar surface area (TPSA) is 59.2 Å². The van der Waals surface area contributed by atoms with E-state index in [2.05, 4.69) is 9.97 Å². The second-order valence-electron chi connectivity index (χ2n) is 4.32. The van der Waals surface area contributed by atoms with Gasteiger partial charge in [-0.3, -0.25) is 9.78 Å². The quantitative estimate of drug-likeness (QED) is 0.845. The molecule has 0 unspecified atom stereocenters. The number of carbonyl (C=O) groups excluding carboxylic acids is 1. The summed E-state index contributed by atoms with van der Waals surface area (Å²) in [5.74, 6) is 0.714. The van der Waals surface area contributed by atoms with E-state index in [-0.39, 0.29) is 5.91 Å². The number of aryl methyl sites for hydroxylation is 2. The van der Waals surface area contributed by atoms with Crippen molar-refractivity contribution in [3.05, 3.63) is 47.4 Å². The van der Waals surface area contributed by atoms with Crippen molar-refractivity contribution in [2.24, 2.45) is 0 Å². The molecule has 19 heavy (non-hydrogen) atoms. The van der Waals surface area contributed by atoms with Crippen LogP contribution in [0.3, 0.4) is 0 Å². The van der Waals surface area contributed by atoms with Crippen molar-refractivity contribution >= 4 is 5.91 Å². The summed E-state index contributed by atoms with van der Waals surface area (Å²) in [6.07, 6.45) is 3.44. The Balaban J connectivity index is 2.18. The normalized spacial score (nSPS) is 10.5. The molecule has 0 N–H and O–H groups in total. The molecule has 2 aromatic heterocycles. The van der Waals surface area contributed by atoms with E-state index >= 15 is 0 Å². The van der Waals surface area contributed by atoms with E-state index < -0.39 is 0 Å². The molecule has 0 atom stereocenters. The van der Waals surface area contributed by atoms with Gasteiger partial charge in [0.15, 0.2) is 5.89 Å². The van der Waals surface area contributed by atoms with Crippen LogP contribution in [0.1, 0.15) is 34.6 Å². The Bertz CT molecular complexity index is 563. The summed E-state index contributed by atoms with van der Waals surface area (Å²) in [5.41, 5.74) is 1.68. The van der Waals surface area contributed by atoms with Crippen LogP contribution >= 0.6 is 0 Å². The number of carbonyl (C=O) groups is 1. The SMILES string of the molecule is CCN(Cc1ccncc1)C(=O)c1oc(C)nc1C. The molecule has 0 spiro atoms. The van der Waals surface area contributed by atoms with E-state index in [0.29, 0.717) is 30.4 Å². The molecule has 100 valence electrons. The molecular weight excluding hydrogens is 242 g/mol. The minimum absolute atomic E-state index is 0.127. The molecule has 0 aliphatic rings. The maximum atomic E-state index is 12.4. The van der Waals surface area contributed by atoms with E-state index in [1.807, 2.05) is 19.1 Å². The van der Waals surface area contributed by atoms with Crippen molar-refractivity contribution < 1.29 is 9.21 Å². The first-order valence-corrected chi connectivity index (χ1v) is 6.24. The second kappa shape index (κ2) is 5.65. The number of aromatic nitrogens is 2. The number of nitrogens with zero attached hydrogens (tertiary/aromatic N) is 3. The van der Waals surface area contributed by atoms with Crippen LogP contribution in [0, 0.1) is 13.8 Å². The predicted molar refractivity (Wildman–Crippen MR) is 70.6 cm³/mol. The zero-order chi connectivity index (χ0) is 13.8. The third-order valence-electron chi connectivity index (χ3n) is 2.89. The summed E-state index contributed by atoms with van der Waals surface area (Å²) in [5, 5.41) is 0. The first-order chi connectivity index (χ1) is 9.11. The molecule has 0 fully saturated rings. The van der Waals surface area contributed by atoms with Gasteiger partial charge >= 0.3 is 0 Å². The Labute approximate surface area is 112 Å². The van der Waals surface area contributed by atoms with E-state index in [9.17, 15) is 4.79 Å². The summed E-state index contributed by atoms with van der Waals surface area (Å²) >= 11 is 0. The number of amides is 1. The molecule has 2 rings (SSSR count). The lowest BCUT2D eigenvalue weighted by molar-refractivity contribution is 0.0718. The van der Waals surface area contributed by atoms with Gasteiger partial charge in [-0.2, -0.15) is 0 Å². The zero-order valence-electron chi connectivity index (χ0n) is 11.4. The van der Waals surface area contributed by atoms with Gasteiger partial charge in [-0.1, -0.05) is 0 Å². The van der Waals surface area contributed by atoms with Gasteiger partial charge in [0.2, 0.25) is 5.76 Å². The van der Waals surface area contributed by atoms with Gasteiger partial charge in [0.05, 0.1) is 5.69 Å². The highest BCUT2D eigenvalue weighted by Crippen LogP contribution is 2.14. The molecule has 2 heterocycles. The number of pyridine rings is 1. The first kappa shape index (κ1) is 13.3. The predicted octanol–water partition coefficient (Wildman–Crippen LogP) is 2.35. The standard InChI is InChI=1S/C14H17N3O2/c1-4-17(9-12-5-7-15-8-6-12)14(18)13-10(2)16-11(3)19-13/h5-8H,4,9H2,1-3H3. The maximum Gasteiger partial charge on any atom is 0.291 e. The highest BCUT2D eigenvalue weighted by molar-refractivity contribution is 5.92. The largest absolute Gasteiger partial charge is 0.436 e. The summed E-state index contributed by atoms with van der Waals surface area (Å²) in [6, 6.07) is 3.79. The average molecular weight is 259 g/mol. The minimum Gasteiger partial charge on any atom is -0.436 e. The Kier molecular flexibility index (Phi) is 3.94. The molecule has 2 aromatic rings. The van der Waals surface area contributed by atoms with Crippen LogP contribution in [-0.4, -0.2) is 27.3 Å². The molecule has 5 nitrogen and oxygen atoms in total. The van der Waals surface area contributed by atoms with E-state index in [1.54, 1.807) is 31.1 Å². The van der Waals surface area contributed by atoms with Gasteiger partial charge in [-0.25, -0.2) is 4.98 Å². The lowest BCUT2D eigenvalue weighted by Gasteiger charge is -2.19. The fourth-order valence-corrected chi connectivity index (χ4v) is 1.91. The Morgan fingerprint density at radius 2 is 2.00 bits per heavy atom. The Hall–Kier alpha value is -2.17. The van der Waals surface area contributed by atoms with Crippen LogP contribution in [0.2, 0.25) is 0 Å². The molecular formula is C14H17N3O2. The van der Waals surface area contributed by atoms with Crippen molar-refractivity contribution in [3.63, 3.8) is 0 Å². The van der Waals surface area contributed by atoms with Crippen molar-refractivity contribution in [2.75, 3.05) is 6.54 Å². The Morgan fingerprint density at radius 3 is 2.53 bits per heavy atom. The first-order valence-electron chi connectivity index (χ1n) is 6.24. The fraction of sp³-hybridized carbons (Fsp3) is 0.357. The zero-order valence-corrected chi connectivity index (χ0v) is 11.4. The van der Waals surface area contributed by atoms with Gasteiger partial charge < -0.3 is 9.32 Å². The third kappa shape index (κ3) is 2.99. The number of hydrogen-bond acceptors (Lipinski definition) is 4. The molecule has 5 heteroatoms. The van der Waals surface area contributed by atoms with Crippen LogP contribution in [-0.2, 0) is 6.54 Å².